The van der Waals surface area contributed by atoms with Crippen molar-refractivity contribution in [3.8, 4) is 0 Å². The first kappa shape index (κ1) is 8.89. The van der Waals surface area contributed by atoms with Crippen molar-refractivity contribution >= 4 is 10.8 Å². The summed E-state index contributed by atoms with van der Waals surface area (Å²) in [6.45, 7) is 0.808. The van der Waals surface area contributed by atoms with Gasteiger partial charge in [0.15, 0.2) is 0 Å². The van der Waals surface area contributed by atoms with Crippen LogP contribution in [0.15, 0.2) is 42.5 Å². The van der Waals surface area contributed by atoms with Gasteiger partial charge in [-0.2, -0.15) is 0 Å². The van der Waals surface area contributed by atoms with Crippen LogP contribution in [0.1, 0.15) is 5.56 Å². The highest BCUT2D eigenvalue weighted by atomic mass is 16.5. The molecule has 0 bridgehead atoms. The highest BCUT2D eigenvalue weighted by Crippen LogP contribution is 2.34. The number of hydrogen-bond donors (Lipinski definition) is 1. The van der Waals surface area contributed by atoms with Gasteiger partial charge < -0.3 is 9.84 Å². The summed E-state index contributed by atoms with van der Waals surface area (Å²) in [6, 6.07) is 14.1. The SMILES string of the molecule is OC1(c2cccc3ccccc23)COC1. The van der Waals surface area contributed by atoms with Gasteiger partial charge in [-0.1, -0.05) is 42.5 Å². The predicted octanol–water partition coefficient (Wildman–Crippen LogP) is 2.06. The molecule has 0 amide bonds. The molecule has 2 heteroatoms. The van der Waals surface area contributed by atoms with Crippen molar-refractivity contribution < 1.29 is 9.84 Å². The zero-order chi connectivity index (χ0) is 10.3. The predicted molar refractivity (Wildman–Crippen MR) is 58.7 cm³/mol. The molecule has 0 aliphatic carbocycles. The van der Waals surface area contributed by atoms with Crippen LogP contribution in [0, 0.1) is 0 Å². The molecule has 0 spiro atoms. The van der Waals surface area contributed by atoms with E-state index >= 15 is 0 Å². The molecular weight excluding hydrogens is 188 g/mol. The average Bonchev–Trinajstić information content (AvgIpc) is 2.25. The molecule has 0 atom stereocenters. The number of fused-ring (bicyclic) bond motifs is 1. The van der Waals surface area contributed by atoms with Gasteiger partial charge in [0.1, 0.15) is 5.60 Å². The Morgan fingerprint density at radius 2 is 1.73 bits per heavy atom. The Kier molecular flexibility index (Phi) is 1.81. The van der Waals surface area contributed by atoms with Gasteiger partial charge in [0, 0.05) is 0 Å². The smallest absolute Gasteiger partial charge is 0.137 e. The summed E-state index contributed by atoms with van der Waals surface area (Å²) in [5.41, 5.74) is 0.202. The van der Waals surface area contributed by atoms with Crippen LogP contribution in [-0.4, -0.2) is 18.3 Å². The van der Waals surface area contributed by atoms with Crippen LogP contribution in [0.5, 0.6) is 0 Å². The zero-order valence-corrected chi connectivity index (χ0v) is 8.31. The third-order valence-corrected chi connectivity index (χ3v) is 2.97. The van der Waals surface area contributed by atoms with Crippen molar-refractivity contribution in [3.63, 3.8) is 0 Å². The van der Waals surface area contributed by atoms with E-state index in [0.717, 1.165) is 16.3 Å². The molecule has 2 aromatic carbocycles. The van der Waals surface area contributed by atoms with E-state index in [1.54, 1.807) is 0 Å². The second-order valence-electron chi connectivity index (χ2n) is 4.05. The Balaban J connectivity index is 2.26. The first-order valence-corrected chi connectivity index (χ1v) is 5.08. The van der Waals surface area contributed by atoms with Crippen molar-refractivity contribution in [2.45, 2.75) is 5.60 Å². The van der Waals surface area contributed by atoms with Crippen molar-refractivity contribution in [1.82, 2.24) is 0 Å². The number of benzene rings is 2. The van der Waals surface area contributed by atoms with Crippen molar-refractivity contribution in [2.75, 3.05) is 13.2 Å². The van der Waals surface area contributed by atoms with Crippen LogP contribution < -0.4 is 0 Å². The largest absolute Gasteiger partial charge is 0.380 e. The maximum atomic E-state index is 10.3. The first-order chi connectivity index (χ1) is 7.30. The lowest BCUT2D eigenvalue weighted by Gasteiger charge is -2.37. The second kappa shape index (κ2) is 3.05. The van der Waals surface area contributed by atoms with Crippen molar-refractivity contribution in [3.05, 3.63) is 48.0 Å². The molecule has 1 saturated heterocycles. The fraction of sp³-hybridized carbons (Fsp3) is 0.231. The molecular formula is C13H12O2. The van der Waals surface area contributed by atoms with Crippen molar-refractivity contribution in [1.29, 1.82) is 0 Å². The lowest BCUT2D eigenvalue weighted by atomic mass is 9.88. The van der Waals surface area contributed by atoms with Gasteiger partial charge in [-0.05, 0) is 16.3 Å². The van der Waals surface area contributed by atoms with Gasteiger partial charge in [0.2, 0.25) is 0 Å². The van der Waals surface area contributed by atoms with E-state index in [2.05, 4.69) is 12.1 Å². The maximum absolute atomic E-state index is 10.3. The molecule has 0 aromatic heterocycles. The number of rotatable bonds is 1. The van der Waals surface area contributed by atoms with Crippen LogP contribution in [0.4, 0.5) is 0 Å². The van der Waals surface area contributed by atoms with E-state index in [-0.39, 0.29) is 0 Å². The lowest BCUT2D eigenvalue weighted by Crippen LogP contribution is -2.46. The quantitative estimate of drug-likeness (QED) is 0.763. The monoisotopic (exact) mass is 200 g/mol. The molecule has 0 radical (unpaired) electrons. The molecule has 0 saturated carbocycles. The molecule has 1 fully saturated rings. The van der Waals surface area contributed by atoms with E-state index in [1.165, 1.54) is 0 Å². The Hall–Kier alpha value is -1.38. The Labute approximate surface area is 88.1 Å². The van der Waals surface area contributed by atoms with Gasteiger partial charge >= 0.3 is 0 Å². The van der Waals surface area contributed by atoms with E-state index in [1.807, 2.05) is 30.3 Å². The molecule has 15 heavy (non-hydrogen) atoms. The molecule has 76 valence electrons. The highest BCUT2D eigenvalue weighted by Gasteiger charge is 2.38. The third-order valence-electron chi connectivity index (χ3n) is 2.97. The minimum atomic E-state index is -0.777. The van der Waals surface area contributed by atoms with Gasteiger partial charge in [0.05, 0.1) is 13.2 Å². The second-order valence-corrected chi connectivity index (χ2v) is 4.05. The zero-order valence-electron chi connectivity index (χ0n) is 8.31. The molecule has 2 aromatic rings. The molecule has 3 rings (SSSR count). The summed E-state index contributed by atoms with van der Waals surface area (Å²) in [5, 5.41) is 12.5. The van der Waals surface area contributed by atoms with Crippen LogP contribution in [0.25, 0.3) is 10.8 Å². The summed E-state index contributed by atoms with van der Waals surface area (Å²) >= 11 is 0. The molecule has 2 nitrogen and oxygen atoms in total. The third kappa shape index (κ3) is 1.26. The fourth-order valence-electron chi connectivity index (χ4n) is 2.08. The lowest BCUT2D eigenvalue weighted by molar-refractivity contribution is -0.183. The van der Waals surface area contributed by atoms with E-state index in [0.29, 0.717) is 13.2 Å². The minimum absolute atomic E-state index is 0.404. The van der Waals surface area contributed by atoms with Crippen LogP contribution >= 0.6 is 0 Å². The van der Waals surface area contributed by atoms with E-state index in [4.69, 9.17) is 4.74 Å². The Bertz CT molecular complexity index is 495. The fourth-order valence-corrected chi connectivity index (χ4v) is 2.08. The average molecular weight is 200 g/mol. The molecule has 1 heterocycles. The Morgan fingerprint density at radius 1 is 1.00 bits per heavy atom. The molecule has 1 aliphatic rings. The highest BCUT2D eigenvalue weighted by molar-refractivity contribution is 5.86. The van der Waals surface area contributed by atoms with Crippen molar-refractivity contribution in [2.24, 2.45) is 0 Å². The summed E-state index contributed by atoms with van der Waals surface area (Å²) in [4.78, 5) is 0. The van der Waals surface area contributed by atoms with E-state index in [9.17, 15) is 5.11 Å². The number of aliphatic hydroxyl groups is 1. The normalized spacial score (nSPS) is 18.7. The molecule has 1 aliphatic heterocycles. The maximum Gasteiger partial charge on any atom is 0.137 e. The standard InChI is InChI=1S/C13H12O2/c14-13(8-15-9-13)12-7-3-5-10-4-1-2-6-11(10)12/h1-7,14H,8-9H2. The summed E-state index contributed by atoms with van der Waals surface area (Å²) in [6.07, 6.45) is 0. The minimum Gasteiger partial charge on any atom is -0.380 e. The summed E-state index contributed by atoms with van der Waals surface area (Å²) in [7, 11) is 0. The van der Waals surface area contributed by atoms with Crippen LogP contribution in [-0.2, 0) is 10.3 Å². The Morgan fingerprint density at radius 3 is 2.47 bits per heavy atom. The van der Waals surface area contributed by atoms with Gasteiger partial charge in [0.25, 0.3) is 0 Å². The van der Waals surface area contributed by atoms with Gasteiger partial charge in [-0.25, -0.2) is 0 Å². The first-order valence-electron chi connectivity index (χ1n) is 5.08. The van der Waals surface area contributed by atoms with Gasteiger partial charge in [-0.3, -0.25) is 0 Å². The van der Waals surface area contributed by atoms with E-state index < -0.39 is 5.60 Å². The van der Waals surface area contributed by atoms with Crippen LogP contribution in [0.2, 0.25) is 0 Å². The summed E-state index contributed by atoms with van der Waals surface area (Å²) in [5.74, 6) is 0. The van der Waals surface area contributed by atoms with Gasteiger partial charge in [-0.15, -0.1) is 0 Å². The number of hydrogen-bond acceptors (Lipinski definition) is 2. The number of ether oxygens (including phenoxy) is 1. The van der Waals surface area contributed by atoms with Crippen LogP contribution in [0.3, 0.4) is 0 Å². The molecule has 0 unspecified atom stereocenters. The summed E-state index contributed by atoms with van der Waals surface area (Å²) < 4.78 is 5.09. The molecule has 1 N–H and O–H groups in total. The topological polar surface area (TPSA) is 29.5 Å².